The van der Waals surface area contributed by atoms with E-state index in [1.165, 1.54) is 0 Å². The summed E-state index contributed by atoms with van der Waals surface area (Å²) >= 11 is 0. The van der Waals surface area contributed by atoms with Crippen LogP contribution in [0.5, 0.6) is 0 Å². The first-order valence-corrected chi connectivity index (χ1v) is 9.08. The van der Waals surface area contributed by atoms with E-state index in [-0.39, 0.29) is 37.7 Å². The molecule has 0 bridgehead atoms. The standard InChI is InChI=1S/C12H22O11.Ca.H2O4S/c13-1-3-5(15)6(16)9(19)12(22-3)23-10-4(2-14)21-11(20)8(18)7(10)17;;1-5(2,3)4/h3-20H,1-2H2;;(H2,1,2,3,4)/q;+2;/p-2/t3-,4-,5+,6+,7-,8-,9-,10-,11?,12+;;/m1../s1. The van der Waals surface area contributed by atoms with Gasteiger partial charge < -0.3 is 64.2 Å². The van der Waals surface area contributed by atoms with Gasteiger partial charge in [-0.25, -0.2) is 0 Å². The topological polar surface area (TPSA) is 270 Å². The summed E-state index contributed by atoms with van der Waals surface area (Å²) in [6, 6.07) is 0. The number of hydrogen-bond acceptors (Lipinski definition) is 15. The van der Waals surface area contributed by atoms with Gasteiger partial charge in [-0.1, -0.05) is 0 Å². The fourth-order valence-electron chi connectivity index (χ4n) is 2.57. The fraction of sp³-hybridized carbons (Fsp3) is 1.00. The summed E-state index contributed by atoms with van der Waals surface area (Å²) in [4.78, 5) is 0. The van der Waals surface area contributed by atoms with Gasteiger partial charge in [0.1, 0.15) is 48.8 Å². The predicted octanol–water partition coefficient (Wildman–Crippen LogP) is -7.12. The van der Waals surface area contributed by atoms with E-state index in [2.05, 4.69) is 0 Å². The molecule has 15 nitrogen and oxygen atoms in total. The van der Waals surface area contributed by atoms with Crippen molar-refractivity contribution in [2.75, 3.05) is 13.2 Å². The molecule has 0 aromatic heterocycles. The van der Waals surface area contributed by atoms with E-state index in [1.807, 2.05) is 0 Å². The largest absolute Gasteiger partial charge is 2.00 e. The van der Waals surface area contributed by atoms with Crippen LogP contribution in [0.1, 0.15) is 0 Å². The smallest absolute Gasteiger partial charge is 0.759 e. The first kappa shape index (κ1) is 29.7. The normalized spacial score (nSPS) is 43.0. The first-order valence-electron chi connectivity index (χ1n) is 7.75. The van der Waals surface area contributed by atoms with Crippen molar-refractivity contribution in [1.82, 2.24) is 0 Å². The van der Waals surface area contributed by atoms with E-state index in [0.29, 0.717) is 0 Å². The van der Waals surface area contributed by atoms with Gasteiger partial charge in [-0.15, -0.1) is 0 Å². The van der Waals surface area contributed by atoms with Gasteiger partial charge >= 0.3 is 37.7 Å². The Labute approximate surface area is 194 Å². The van der Waals surface area contributed by atoms with Crippen LogP contribution in [-0.4, -0.2) is 171 Å². The molecule has 2 fully saturated rings. The monoisotopic (exact) mass is 478 g/mol. The molecule has 29 heavy (non-hydrogen) atoms. The van der Waals surface area contributed by atoms with E-state index >= 15 is 0 Å². The molecule has 17 heteroatoms. The molecular formula is C12H22CaO15S. The van der Waals surface area contributed by atoms with Crippen LogP contribution in [-0.2, 0) is 24.6 Å². The summed E-state index contributed by atoms with van der Waals surface area (Å²) in [6.45, 7) is -1.35. The Hall–Kier alpha value is 0.690. The molecule has 2 aliphatic heterocycles. The molecule has 2 aliphatic rings. The summed E-state index contributed by atoms with van der Waals surface area (Å²) in [6.07, 6.45) is -15.6. The Morgan fingerprint density at radius 3 is 1.69 bits per heavy atom. The van der Waals surface area contributed by atoms with Crippen molar-refractivity contribution in [2.45, 2.75) is 61.4 Å². The van der Waals surface area contributed by atoms with Crippen molar-refractivity contribution < 1.29 is 72.6 Å². The Bertz CT molecular complexity index is 566. The average molecular weight is 478 g/mol. The molecule has 10 atom stereocenters. The third-order valence-corrected chi connectivity index (χ3v) is 3.98. The van der Waals surface area contributed by atoms with Crippen molar-refractivity contribution in [2.24, 2.45) is 0 Å². The summed E-state index contributed by atoms with van der Waals surface area (Å²) in [7, 11) is -5.17. The molecular weight excluding hydrogens is 456 g/mol. The van der Waals surface area contributed by atoms with Crippen LogP contribution in [0, 0.1) is 0 Å². The second-order valence-electron chi connectivity index (χ2n) is 5.94. The van der Waals surface area contributed by atoms with Crippen LogP contribution in [0.3, 0.4) is 0 Å². The summed E-state index contributed by atoms with van der Waals surface area (Å²) < 4.78 is 49.3. The molecule has 2 rings (SSSR count). The molecule has 2 saturated heterocycles. The minimum Gasteiger partial charge on any atom is -0.759 e. The van der Waals surface area contributed by atoms with Crippen molar-refractivity contribution in [3.05, 3.63) is 0 Å². The molecule has 168 valence electrons. The van der Waals surface area contributed by atoms with E-state index < -0.39 is 85.0 Å². The quantitative estimate of drug-likeness (QED) is 0.106. The Kier molecular flexibility index (Phi) is 13.0. The summed E-state index contributed by atoms with van der Waals surface area (Å²) in [5, 5.41) is 76.5. The van der Waals surface area contributed by atoms with E-state index in [4.69, 9.17) is 36.8 Å². The van der Waals surface area contributed by atoms with Gasteiger partial charge in [0.15, 0.2) is 12.6 Å². The van der Waals surface area contributed by atoms with E-state index in [0.717, 1.165) is 0 Å². The Morgan fingerprint density at radius 2 is 1.24 bits per heavy atom. The third kappa shape index (κ3) is 8.62. The van der Waals surface area contributed by atoms with Gasteiger partial charge in [0.2, 0.25) is 0 Å². The maximum Gasteiger partial charge on any atom is 2.00 e. The zero-order valence-corrected chi connectivity index (χ0v) is 17.8. The molecule has 0 saturated carbocycles. The Balaban J connectivity index is 0.00000117. The van der Waals surface area contributed by atoms with Crippen LogP contribution in [0.25, 0.3) is 0 Å². The average Bonchev–Trinajstić information content (AvgIpc) is 2.60. The van der Waals surface area contributed by atoms with Crippen molar-refractivity contribution in [1.29, 1.82) is 0 Å². The van der Waals surface area contributed by atoms with Crippen LogP contribution < -0.4 is 0 Å². The second-order valence-corrected chi connectivity index (χ2v) is 6.75. The number of aliphatic hydroxyl groups is 8. The summed E-state index contributed by atoms with van der Waals surface area (Å²) in [5.74, 6) is 0. The molecule has 0 aliphatic carbocycles. The molecule has 0 spiro atoms. The van der Waals surface area contributed by atoms with Crippen molar-refractivity contribution in [3.8, 4) is 0 Å². The number of rotatable bonds is 4. The molecule has 0 aromatic rings. The third-order valence-electron chi connectivity index (χ3n) is 3.98. The maximum absolute atomic E-state index is 9.94. The van der Waals surface area contributed by atoms with E-state index in [1.54, 1.807) is 0 Å². The fourth-order valence-corrected chi connectivity index (χ4v) is 2.57. The Morgan fingerprint density at radius 1 is 0.759 bits per heavy atom. The van der Waals surface area contributed by atoms with Crippen LogP contribution in [0.2, 0.25) is 0 Å². The molecule has 1 unspecified atom stereocenters. The second kappa shape index (κ2) is 12.7. The van der Waals surface area contributed by atoms with E-state index in [9.17, 15) is 35.7 Å². The van der Waals surface area contributed by atoms with Gasteiger partial charge in [0.25, 0.3) is 0 Å². The molecule has 0 aromatic carbocycles. The van der Waals surface area contributed by atoms with Gasteiger partial charge in [0, 0.05) is 10.4 Å². The van der Waals surface area contributed by atoms with Crippen molar-refractivity contribution in [3.63, 3.8) is 0 Å². The van der Waals surface area contributed by atoms with Gasteiger partial charge in [0.05, 0.1) is 13.2 Å². The zero-order chi connectivity index (χ0) is 21.8. The SMILES string of the molecule is O=S(=O)([O-])[O-].OC[C@H]1O[C@@H](O[C@H]2[C@H](O)[C@@H](O)C(O)O[C@@H]2CO)[C@H](O)[C@@H](O)[C@H]1O.[Ca+2]. The van der Waals surface area contributed by atoms with Gasteiger partial charge in [-0.3, -0.25) is 8.42 Å². The minimum atomic E-state index is -5.17. The zero-order valence-electron chi connectivity index (χ0n) is 14.7. The number of hydrogen-bond donors (Lipinski definition) is 8. The maximum atomic E-state index is 9.94. The molecule has 2 heterocycles. The van der Waals surface area contributed by atoms with Crippen LogP contribution in [0.15, 0.2) is 0 Å². The summed E-state index contributed by atoms with van der Waals surface area (Å²) in [5.41, 5.74) is 0. The molecule has 0 radical (unpaired) electrons. The molecule has 8 N–H and O–H groups in total. The number of ether oxygens (including phenoxy) is 3. The first-order chi connectivity index (χ1) is 12.8. The van der Waals surface area contributed by atoms with Gasteiger partial charge in [-0.05, 0) is 0 Å². The molecule has 0 amide bonds. The van der Waals surface area contributed by atoms with Crippen LogP contribution in [0.4, 0.5) is 0 Å². The van der Waals surface area contributed by atoms with Gasteiger partial charge in [-0.2, -0.15) is 0 Å². The predicted molar refractivity (Wildman–Crippen MR) is 84.8 cm³/mol. The number of aliphatic hydroxyl groups excluding tert-OH is 8. The van der Waals surface area contributed by atoms with Crippen molar-refractivity contribution >= 4 is 48.1 Å². The minimum absolute atomic E-state index is 0. The van der Waals surface area contributed by atoms with Crippen LogP contribution >= 0.6 is 0 Å².